The average Bonchev–Trinajstić information content (AvgIpc) is 2.87. The van der Waals surface area contributed by atoms with E-state index in [1.54, 1.807) is 0 Å². The lowest BCUT2D eigenvalue weighted by atomic mass is 10.1. The summed E-state index contributed by atoms with van der Waals surface area (Å²) in [4.78, 5) is 22.8. The lowest BCUT2D eigenvalue weighted by Gasteiger charge is -2.06. The van der Waals surface area contributed by atoms with Crippen LogP contribution in [-0.2, 0) is 6.42 Å². The maximum atomic E-state index is 11.9. The number of rotatable bonds is 2. The largest absolute Gasteiger partial charge is 0.430 e. The number of benzene rings is 1. The Kier molecular flexibility index (Phi) is 2.79. The van der Waals surface area contributed by atoms with Crippen LogP contribution in [0, 0.1) is 0 Å². The summed E-state index contributed by atoms with van der Waals surface area (Å²) in [5, 5.41) is 6.03. The molecule has 1 aromatic carbocycles. The molecule has 0 spiro atoms. The van der Waals surface area contributed by atoms with Gasteiger partial charge in [0.05, 0.1) is 5.56 Å². The smallest absolute Gasteiger partial charge is 0.335 e. The number of anilines is 2. The Balaban J connectivity index is 1.79. The Morgan fingerprint density at radius 3 is 2.95 bits per heavy atom. The van der Waals surface area contributed by atoms with E-state index in [0.29, 0.717) is 5.56 Å². The van der Waals surface area contributed by atoms with Gasteiger partial charge in [0.25, 0.3) is 5.91 Å². The lowest BCUT2D eigenvalue weighted by Crippen LogP contribution is -2.13. The molecule has 0 saturated heterocycles. The minimum Gasteiger partial charge on any atom is -0.430 e. The van der Waals surface area contributed by atoms with E-state index < -0.39 is 5.63 Å². The van der Waals surface area contributed by atoms with Crippen molar-refractivity contribution >= 4 is 17.3 Å². The number of carbonyl (C=O) groups is 1. The summed E-state index contributed by atoms with van der Waals surface area (Å²) in [6.45, 7) is 0.927. The summed E-state index contributed by atoms with van der Waals surface area (Å²) in [6, 6.07) is 8.40. The molecular weight excluding hydrogens is 244 g/mol. The predicted molar refractivity (Wildman–Crippen MR) is 71.6 cm³/mol. The zero-order chi connectivity index (χ0) is 13.2. The molecule has 5 heteroatoms. The molecule has 2 aromatic rings. The van der Waals surface area contributed by atoms with E-state index in [-0.39, 0.29) is 5.91 Å². The minimum atomic E-state index is -0.472. The summed E-state index contributed by atoms with van der Waals surface area (Å²) < 4.78 is 4.66. The van der Waals surface area contributed by atoms with Crippen LogP contribution in [0.15, 0.2) is 45.8 Å². The molecule has 0 bridgehead atoms. The van der Waals surface area contributed by atoms with Crippen LogP contribution in [0.4, 0.5) is 11.4 Å². The molecule has 96 valence electrons. The topological polar surface area (TPSA) is 71.3 Å². The molecule has 0 radical (unpaired) electrons. The third-order valence-electron chi connectivity index (χ3n) is 3.04. The normalized spacial score (nSPS) is 12.6. The van der Waals surface area contributed by atoms with Crippen LogP contribution in [0.5, 0.6) is 0 Å². The average molecular weight is 256 g/mol. The van der Waals surface area contributed by atoms with Crippen LogP contribution in [0.1, 0.15) is 15.9 Å². The standard InChI is InChI=1S/C14H12N2O3/c17-13-4-1-10(8-19-13)14(18)16-11-2-3-12-9(7-11)5-6-15-12/h1-4,7-8,15H,5-6H2,(H,16,18). The second kappa shape index (κ2) is 4.61. The number of hydrogen-bond acceptors (Lipinski definition) is 4. The molecule has 1 amide bonds. The van der Waals surface area contributed by atoms with Gasteiger partial charge in [0, 0.05) is 24.0 Å². The molecular formula is C14H12N2O3. The fourth-order valence-electron chi connectivity index (χ4n) is 2.07. The summed E-state index contributed by atoms with van der Waals surface area (Å²) in [5.74, 6) is -0.297. The van der Waals surface area contributed by atoms with Gasteiger partial charge in [-0.25, -0.2) is 4.79 Å². The second-order valence-corrected chi connectivity index (χ2v) is 4.35. The third kappa shape index (κ3) is 2.35. The molecule has 2 heterocycles. The molecule has 0 unspecified atom stereocenters. The van der Waals surface area contributed by atoms with E-state index in [9.17, 15) is 9.59 Å². The fraction of sp³-hybridized carbons (Fsp3) is 0.143. The molecule has 5 nitrogen and oxygen atoms in total. The zero-order valence-electron chi connectivity index (χ0n) is 10.1. The zero-order valence-corrected chi connectivity index (χ0v) is 10.1. The van der Waals surface area contributed by atoms with Crippen LogP contribution in [-0.4, -0.2) is 12.5 Å². The number of carbonyl (C=O) groups excluding carboxylic acids is 1. The second-order valence-electron chi connectivity index (χ2n) is 4.35. The predicted octanol–water partition coefficient (Wildman–Crippen LogP) is 1.86. The fourth-order valence-corrected chi connectivity index (χ4v) is 2.07. The third-order valence-corrected chi connectivity index (χ3v) is 3.04. The summed E-state index contributed by atoms with van der Waals surface area (Å²) in [5.41, 5.74) is 2.89. The highest BCUT2D eigenvalue weighted by molar-refractivity contribution is 6.04. The summed E-state index contributed by atoms with van der Waals surface area (Å²) in [6.07, 6.45) is 2.12. The Morgan fingerprint density at radius 1 is 1.26 bits per heavy atom. The quantitative estimate of drug-likeness (QED) is 0.860. The monoisotopic (exact) mass is 256 g/mol. The van der Waals surface area contributed by atoms with Crippen molar-refractivity contribution in [1.29, 1.82) is 0 Å². The van der Waals surface area contributed by atoms with Gasteiger partial charge >= 0.3 is 5.63 Å². The van der Waals surface area contributed by atoms with E-state index in [1.807, 2.05) is 18.2 Å². The first-order valence-electron chi connectivity index (χ1n) is 5.99. The van der Waals surface area contributed by atoms with Crippen molar-refractivity contribution in [2.75, 3.05) is 17.2 Å². The first kappa shape index (κ1) is 11.5. The molecule has 0 aliphatic carbocycles. The van der Waals surface area contributed by atoms with Crippen molar-refractivity contribution in [3.63, 3.8) is 0 Å². The maximum absolute atomic E-state index is 11.9. The molecule has 0 atom stereocenters. The van der Waals surface area contributed by atoms with Gasteiger partial charge in [0.2, 0.25) is 0 Å². The molecule has 1 aromatic heterocycles. The van der Waals surface area contributed by atoms with Gasteiger partial charge in [-0.05, 0) is 36.2 Å². The first-order valence-corrected chi connectivity index (χ1v) is 5.99. The molecule has 2 N–H and O–H groups in total. The van der Waals surface area contributed by atoms with Crippen LogP contribution in [0.2, 0.25) is 0 Å². The highest BCUT2D eigenvalue weighted by Gasteiger charge is 2.12. The Hall–Kier alpha value is -2.56. The van der Waals surface area contributed by atoms with Gasteiger partial charge in [-0.2, -0.15) is 0 Å². The van der Waals surface area contributed by atoms with Crippen LogP contribution in [0.3, 0.4) is 0 Å². The van der Waals surface area contributed by atoms with Crippen molar-refractivity contribution < 1.29 is 9.21 Å². The highest BCUT2D eigenvalue weighted by atomic mass is 16.4. The van der Waals surface area contributed by atoms with Gasteiger partial charge < -0.3 is 15.1 Å². The van der Waals surface area contributed by atoms with E-state index in [0.717, 1.165) is 30.6 Å². The van der Waals surface area contributed by atoms with Gasteiger partial charge in [-0.15, -0.1) is 0 Å². The number of fused-ring (bicyclic) bond motifs is 1. The Morgan fingerprint density at radius 2 is 2.16 bits per heavy atom. The van der Waals surface area contributed by atoms with E-state index >= 15 is 0 Å². The SMILES string of the molecule is O=C(Nc1ccc2c(c1)CCN2)c1ccc(=O)oc1. The summed E-state index contributed by atoms with van der Waals surface area (Å²) >= 11 is 0. The Bertz CT molecular complexity index is 671. The Labute approximate surface area is 109 Å². The minimum absolute atomic E-state index is 0.297. The van der Waals surface area contributed by atoms with Crippen molar-refractivity contribution in [3.8, 4) is 0 Å². The number of hydrogen-bond donors (Lipinski definition) is 2. The maximum Gasteiger partial charge on any atom is 0.335 e. The molecule has 19 heavy (non-hydrogen) atoms. The number of amides is 1. The highest BCUT2D eigenvalue weighted by Crippen LogP contribution is 2.25. The van der Waals surface area contributed by atoms with Gasteiger partial charge in [0.15, 0.2) is 0 Å². The van der Waals surface area contributed by atoms with E-state index in [4.69, 9.17) is 0 Å². The summed E-state index contributed by atoms with van der Waals surface area (Å²) in [7, 11) is 0. The first-order chi connectivity index (χ1) is 9.22. The number of nitrogens with one attached hydrogen (secondary N) is 2. The molecule has 1 aliphatic heterocycles. The van der Waals surface area contributed by atoms with E-state index in [1.165, 1.54) is 17.7 Å². The van der Waals surface area contributed by atoms with Crippen molar-refractivity contribution in [2.45, 2.75) is 6.42 Å². The lowest BCUT2D eigenvalue weighted by molar-refractivity contribution is 0.102. The van der Waals surface area contributed by atoms with Crippen LogP contribution >= 0.6 is 0 Å². The van der Waals surface area contributed by atoms with E-state index in [2.05, 4.69) is 15.1 Å². The van der Waals surface area contributed by atoms with Crippen molar-refractivity contribution in [2.24, 2.45) is 0 Å². The molecule has 1 aliphatic rings. The molecule has 0 fully saturated rings. The van der Waals surface area contributed by atoms with Crippen molar-refractivity contribution in [1.82, 2.24) is 0 Å². The van der Waals surface area contributed by atoms with Gasteiger partial charge in [0.1, 0.15) is 6.26 Å². The van der Waals surface area contributed by atoms with Gasteiger partial charge in [-0.1, -0.05) is 0 Å². The van der Waals surface area contributed by atoms with Crippen molar-refractivity contribution in [3.05, 3.63) is 58.1 Å². The molecule has 0 saturated carbocycles. The molecule has 3 rings (SSSR count). The van der Waals surface area contributed by atoms with Crippen LogP contribution < -0.4 is 16.3 Å². The van der Waals surface area contributed by atoms with Crippen LogP contribution in [0.25, 0.3) is 0 Å². The van der Waals surface area contributed by atoms with Gasteiger partial charge in [-0.3, -0.25) is 4.79 Å².